The maximum absolute atomic E-state index is 11.2. The van der Waals surface area contributed by atoms with E-state index in [9.17, 15) is 37.8 Å². The number of aryl methyl sites for hydroxylation is 3. The van der Waals surface area contributed by atoms with Crippen LogP contribution in [0.3, 0.4) is 0 Å². The van der Waals surface area contributed by atoms with Crippen molar-refractivity contribution in [1.29, 1.82) is 0 Å². The first-order valence-corrected chi connectivity index (χ1v) is 14.9. The van der Waals surface area contributed by atoms with Gasteiger partial charge in [-0.05, 0) is 72.4 Å². The molecule has 0 aliphatic heterocycles. The molecular weight excluding hydrogens is 655 g/mol. The van der Waals surface area contributed by atoms with E-state index in [0.717, 1.165) is 29.3 Å². The number of hydrogen-bond acceptors (Lipinski definition) is 12. The summed E-state index contributed by atoms with van der Waals surface area (Å²) in [5.41, 5.74) is 4.43. The topological polar surface area (TPSA) is 183 Å². The van der Waals surface area contributed by atoms with Gasteiger partial charge in [0, 0.05) is 19.3 Å². The molecule has 0 aromatic heterocycles. The maximum Gasteiger partial charge on any atom is 1.00 e. The molecule has 0 heterocycles. The van der Waals surface area contributed by atoms with Crippen LogP contribution in [0.4, 0.5) is 0 Å². The van der Waals surface area contributed by atoms with Gasteiger partial charge in [0.25, 0.3) is 0 Å². The molecule has 0 radical (unpaired) electrons. The molecule has 14 heteroatoms. The van der Waals surface area contributed by atoms with Crippen LogP contribution in [-0.4, -0.2) is 72.0 Å². The largest absolute Gasteiger partial charge is 1.00 e. The van der Waals surface area contributed by atoms with Crippen LogP contribution < -0.4 is 29.6 Å². The number of benzene rings is 3. The van der Waals surface area contributed by atoms with Gasteiger partial charge in [0.15, 0.2) is 6.29 Å². The number of aliphatic hydroxyl groups excluding tert-OH is 1. The smallest absolute Gasteiger partial charge is 0.750 e. The van der Waals surface area contributed by atoms with Crippen molar-refractivity contribution in [2.45, 2.75) is 52.2 Å². The number of rotatable bonds is 14. The molecule has 0 bridgehead atoms. The number of methoxy groups -OCH3 is 3. The van der Waals surface area contributed by atoms with Gasteiger partial charge in [-0.15, -0.1) is 0 Å². The number of ether oxygens (including phenoxy) is 3. The van der Waals surface area contributed by atoms with E-state index in [4.69, 9.17) is 0 Å². The predicted molar refractivity (Wildman–Crippen MR) is 173 cm³/mol. The third-order valence-electron chi connectivity index (χ3n) is 6.10. The van der Waals surface area contributed by atoms with E-state index < -0.39 is 23.6 Å². The Labute approximate surface area is 305 Å². The Morgan fingerprint density at radius 3 is 1.21 bits per heavy atom. The average Bonchev–Trinajstić information content (AvgIpc) is 3.08. The van der Waals surface area contributed by atoms with Gasteiger partial charge >= 0.3 is 47.5 Å². The van der Waals surface area contributed by atoms with Crippen LogP contribution >= 0.6 is 0 Å². The number of carbonyl (C=O) groups excluding carboxylic acids is 5. The summed E-state index contributed by atoms with van der Waals surface area (Å²) in [6, 6.07) is 20.7. The van der Waals surface area contributed by atoms with E-state index in [-0.39, 0.29) is 55.3 Å². The quantitative estimate of drug-likeness (QED) is 0.0640. The van der Waals surface area contributed by atoms with Crippen LogP contribution in [0.15, 0.2) is 72.8 Å². The molecule has 2 unspecified atom stereocenters. The van der Waals surface area contributed by atoms with E-state index >= 15 is 0 Å². The van der Waals surface area contributed by atoms with Crippen molar-refractivity contribution in [3.63, 3.8) is 0 Å². The second-order valence-corrected chi connectivity index (χ2v) is 9.87. The Morgan fingerprint density at radius 2 is 0.958 bits per heavy atom. The molecule has 3 rings (SSSR count). The SMILES string of the molecule is C.COC(=O)c1ccc(CCC(O)OS(=O)[O-])cc1.COC(=O)c1ccc(CCC=O)cc1.COC(=O)c1ccc(CCC=O)cc1.[Na+]. The third-order valence-corrected chi connectivity index (χ3v) is 6.48. The van der Waals surface area contributed by atoms with Crippen molar-refractivity contribution >= 4 is 41.8 Å². The zero-order valence-corrected chi connectivity index (χ0v) is 29.6. The Balaban J connectivity index is 0. The van der Waals surface area contributed by atoms with Crippen LogP contribution in [0.2, 0.25) is 0 Å². The van der Waals surface area contributed by atoms with Gasteiger partial charge in [-0.1, -0.05) is 43.8 Å². The summed E-state index contributed by atoms with van der Waals surface area (Å²) in [6.45, 7) is 0. The van der Waals surface area contributed by atoms with E-state index in [1.165, 1.54) is 21.3 Å². The first-order valence-electron chi connectivity index (χ1n) is 13.9. The molecule has 0 aliphatic carbocycles. The Kier molecular flexibility index (Phi) is 26.6. The fourth-order valence-electron chi connectivity index (χ4n) is 3.66. The Hall–Kier alpha value is -3.56. The number of hydrogen-bond donors (Lipinski definition) is 1. The van der Waals surface area contributed by atoms with Crippen LogP contribution in [0, 0.1) is 0 Å². The molecule has 12 nitrogen and oxygen atoms in total. The van der Waals surface area contributed by atoms with Gasteiger partial charge in [-0.25, -0.2) is 18.6 Å². The molecule has 3 aromatic rings. The zero-order chi connectivity index (χ0) is 34.3. The molecule has 256 valence electrons. The summed E-state index contributed by atoms with van der Waals surface area (Å²) in [7, 11) is 4.00. The Morgan fingerprint density at radius 1 is 0.667 bits per heavy atom. The summed E-state index contributed by atoms with van der Waals surface area (Å²) < 4.78 is 38.1. The summed E-state index contributed by atoms with van der Waals surface area (Å²) in [6.07, 6.45) is 3.43. The fourth-order valence-corrected chi connectivity index (χ4v) is 3.93. The minimum Gasteiger partial charge on any atom is -0.750 e. The Bertz CT molecular complexity index is 1330. The molecular formula is C34H41NaO12S. The second-order valence-electron chi connectivity index (χ2n) is 9.27. The van der Waals surface area contributed by atoms with Crippen LogP contribution in [0.5, 0.6) is 0 Å². The molecule has 1 N–H and O–H groups in total. The molecule has 0 spiro atoms. The van der Waals surface area contributed by atoms with Crippen LogP contribution in [-0.2, 0) is 58.6 Å². The molecule has 3 aromatic carbocycles. The maximum atomic E-state index is 11.2. The molecule has 2 atom stereocenters. The second kappa shape index (κ2) is 27.4. The van der Waals surface area contributed by atoms with E-state index in [2.05, 4.69) is 18.4 Å². The fraction of sp³-hybridized carbons (Fsp3) is 0.324. The van der Waals surface area contributed by atoms with Gasteiger partial charge in [-0.3, -0.25) is 4.18 Å². The van der Waals surface area contributed by atoms with Crippen molar-refractivity contribution in [2.24, 2.45) is 0 Å². The summed E-state index contributed by atoms with van der Waals surface area (Å²) in [5.74, 6) is -1.11. The third kappa shape index (κ3) is 19.3. The van der Waals surface area contributed by atoms with E-state index in [1.54, 1.807) is 48.5 Å². The first kappa shape index (κ1) is 46.6. The molecule has 0 fully saturated rings. The normalized spacial score (nSPS) is 10.8. The van der Waals surface area contributed by atoms with E-state index in [1.807, 2.05) is 24.3 Å². The number of aliphatic hydroxyl groups is 1. The molecule has 0 saturated heterocycles. The predicted octanol–water partition coefficient (Wildman–Crippen LogP) is 1.38. The summed E-state index contributed by atoms with van der Waals surface area (Å²) >= 11 is -2.73. The molecule has 0 amide bonds. The summed E-state index contributed by atoms with van der Waals surface area (Å²) in [4.78, 5) is 53.5. The molecule has 0 saturated carbocycles. The van der Waals surface area contributed by atoms with Gasteiger partial charge in [0.05, 0.1) is 49.4 Å². The number of carbonyl (C=O) groups is 5. The minimum absolute atomic E-state index is 0. The monoisotopic (exact) mass is 696 g/mol. The zero-order valence-electron chi connectivity index (χ0n) is 26.7. The van der Waals surface area contributed by atoms with Crippen molar-refractivity contribution in [3.8, 4) is 0 Å². The summed E-state index contributed by atoms with van der Waals surface area (Å²) in [5, 5.41) is 9.17. The van der Waals surface area contributed by atoms with Crippen molar-refractivity contribution in [1.82, 2.24) is 0 Å². The van der Waals surface area contributed by atoms with Gasteiger partial charge in [0.1, 0.15) is 12.6 Å². The van der Waals surface area contributed by atoms with Crippen molar-refractivity contribution in [3.05, 3.63) is 106 Å². The minimum atomic E-state index is -2.73. The number of aldehydes is 2. The van der Waals surface area contributed by atoms with Gasteiger partial charge in [0.2, 0.25) is 0 Å². The standard InChI is InChI=1S/C11H14O6S.2C11H12O3.CH4.Na/c1-16-11(13)9-5-2-8(3-6-9)4-7-10(12)17-18(14)15;2*1-14-11(13)10-6-4-9(5-7-10)3-2-8-12;;/h2-3,5-6,10,12H,4,7H2,1H3,(H,14,15);2*4-8H,2-3H2,1H3;1H4;/q;;;;+1/p-1. The van der Waals surface area contributed by atoms with Crippen molar-refractivity contribution < 1.29 is 85.8 Å². The average molecular weight is 697 g/mol. The van der Waals surface area contributed by atoms with Gasteiger partial charge < -0.3 is 33.5 Å². The van der Waals surface area contributed by atoms with Gasteiger partial charge in [-0.2, -0.15) is 0 Å². The first-order chi connectivity index (χ1) is 22.1. The van der Waals surface area contributed by atoms with Crippen LogP contribution in [0.1, 0.15) is 74.5 Å². The van der Waals surface area contributed by atoms with Crippen LogP contribution in [0.25, 0.3) is 0 Å². The number of esters is 3. The molecule has 48 heavy (non-hydrogen) atoms. The van der Waals surface area contributed by atoms with Crippen molar-refractivity contribution in [2.75, 3.05) is 21.3 Å². The van der Waals surface area contributed by atoms with E-state index in [0.29, 0.717) is 48.8 Å². The molecule has 0 aliphatic rings.